The molecule has 10 heteroatoms. The zero-order chi connectivity index (χ0) is 14.0. The highest BCUT2D eigenvalue weighted by atomic mass is 127. The van der Waals surface area contributed by atoms with Crippen LogP contribution < -0.4 is 11.2 Å². The first-order valence-corrected chi connectivity index (χ1v) is 6.46. The van der Waals surface area contributed by atoms with Gasteiger partial charge in [-0.15, -0.1) is 0 Å². The van der Waals surface area contributed by atoms with Gasteiger partial charge in [-0.1, -0.05) is 5.11 Å². The van der Waals surface area contributed by atoms with E-state index >= 15 is 0 Å². The monoisotopic (exact) mass is 379 g/mol. The van der Waals surface area contributed by atoms with Crippen molar-refractivity contribution in [3.63, 3.8) is 0 Å². The van der Waals surface area contributed by atoms with E-state index in [4.69, 9.17) is 15.4 Å². The van der Waals surface area contributed by atoms with Gasteiger partial charge in [0.1, 0.15) is 6.23 Å². The predicted octanol–water partition coefficient (Wildman–Crippen LogP) is 0.0999. The molecule has 1 aliphatic rings. The summed E-state index contributed by atoms with van der Waals surface area (Å²) >= 11 is 1.85. The van der Waals surface area contributed by atoms with Gasteiger partial charge in [0.2, 0.25) is 0 Å². The summed E-state index contributed by atoms with van der Waals surface area (Å²) in [6.45, 7) is -0.311. The second-order valence-electron chi connectivity index (χ2n) is 3.95. The van der Waals surface area contributed by atoms with Gasteiger partial charge in [-0.3, -0.25) is 14.3 Å². The number of hydrogen-bond acceptors (Lipinski definition) is 5. The Hall–Kier alpha value is -1.36. The maximum Gasteiger partial charge on any atom is 0.331 e. The molecule has 0 radical (unpaired) electrons. The normalized spacial score (nSPS) is 26.1. The summed E-state index contributed by atoms with van der Waals surface area (Å²) in [4.78, 5) is 27.7. The van der Waals surface area contributed by atoms with E-state index in [1.807, 2.05) is 22.6 Å². The predicted molar refractivity (Wildman–Crippen MR) is 72.6 cm³/mol. The van der Waals surface area contributed by atoms with Gasteiger partial charge in [0.15, 0.2) is 0 Å². The van der Waals surface area contributed by atoms with Crippen molar-refractivity contribution in [3.05, 3.63) is 41.0 Å². The smallest absolute Gasteiger partial charge is 0.331 e. The van der Waals surface area contributed by atoms with Crippen LogP contribution in [0.3, 0.4) is 0 Å². The van der Waals surface area contributed by atoms with Crippen LogP contribution in [-0.2, 0) is 4.74 Å². The number of nitrogens with one attached hydrogen (secondary N) is 1. The van der Waals surface area contributed by atoms with Crippen molar-refractivity contribution in [1.29, 1.82) is 0 Å². The Morgan fingerprint density at radius 2 is 2.42 bits per heavy atom. The van der Waals surface area contributed by atoms with Gasteiger partial charge >= 0.3 is 5.69 Å². The number of aliphatic hydroxyl groups excluding tert-OH is 1. The van der Waals surface area contributed by atoms with E-state index in [-0.39, 0.29) is 13.0 Å². The summed E-state index contributed by atoms with van der Waals surface area (Å²) < 4.78 is 7.16. The minimum Gasteiger partial charge on any atom is -0.394 e. The molecule has 3 atom stereocenters. The Kier molecular flexibility index (Phi) is 4.24. The second kappa shape index (κ2) is 5.74. The van der Waals surface area contributed by atoms with Crippen molar-refractivity contribution < 1.29 is 9.84 Å². The molecule has 2 rings (SSSR count). The third kappa shape index (κ3) is 2.81. The van der Waals surface area contributed by atoms with Crippen molar-refractivity contribution in [2.75, 3.05) is 6.61 Å². The number of aromatic amines is 1. The Morgan fingerprint density at radius 3 is 3.00 bits per heavy atom. The molecule has 2 N–H and O–H groups in total. The fourth-order valence-electron chi connectivity index (χ4n) is 1.97. The molecule has 0 bridgehead atoms. The first-order valence-electron chi connectivity index (χ1n) is 5.38. The molecule has 9 nitrogen and oxygen atoms in total. The highest BCUT2D eigenvalue weighted by Crippen LogP contribution is 2.30. The highest BCUT2D eigenvalue weighted by Gasteiger charge is 2.36. The van der Waals surface area contributed by atoms with E-state index in [0.29, 0.717) is 3.70 Å². The van der Waals surface area contributed by atoms with Crippen molar-refractivity contribution >= 4 is 22.6 Å². The molecule has 19 heavy (non-hydrogen) atoms. The van der Waals surface area contributed by atoms with Crippen LogP contribution in [0, 0.1) is 3.70 Å². The number of halogens is 1. The topological polar surface area (TPSA) is 133 Å². The largest absolute Gasteiger partial charge is 0.394 e. The fraction of sp³-hybridized carbons (Fsp3) is 0.556. The molecule has 102 valence electrons. The number of rotatable bonds is 3. The van der Waals surface area contributed by atoms with Crippen LogP contribution in [0.1, 0.15) is 12.6 Å². The van der Waals surface area contributed by atoms with Gasteiger partial charge in [0.25, 0.3) is 5.56 Å². The Labute approximate surface area is 120 Å². The molecular weight excluding hydrogens is 369 g/mol. The molecule has 1 aliphatic heterocycles. The van der Waals surface area contributed by atoms with E-state index < -0.39 is 29.6 Å². The van der Waals surface area contributed by atoms with Gasteiger partial charge in [-0.2, -0.15) is 0 Å². The molecule has 0 saturated carbocycles. The highest BCUT2D eigenvalue weighted by molar-refractivity contribution is 14.1. The SMILES string of the molecule is [N-]=[N+]=N[C@H]1C[C@H](n2c(I)cc(=O)[nH]c2=O)O[C@@H]1CO. The quantitative estimate of drug-likeness (QED) is 0.253. The number of ether oxygens (including phenoxy) is 1. The molecule has 0 aliphatic carbocycles. The summed E-state index contributed by atoms with van der Waals surface area (Å²) in [5.74, 6) is 0. The van der Waals surface area contributed by atoms with Crippen LogP contribution in [0.15, 0.2) is 20.8 Å². The first-order chi connectivity index (χ1) is 9.06. The van der Waals surface area contributed by atoms with Gasteiger partial charge in [-0.25, -0.2) is 4.79 Å². The van der Waals surface area contributed by atoms with E-state index in [2.05, 4.69) is 15.0 Å². The lowest BCUT2D eigenvalue weighted by molar-refractivity contribution is -0.0282. The van der Waals surface area contributed by atoms with E-state index in [0.717, 1.165) is 0 Å². The summed E-state index contributed by atoms with van der Waals surface area (Å²) in [5, 5.41) is 12.7. The summed E-state index contributed by atoms with van der Waals surface area (Å²) in [7, 11) is 0. The summed E-state index contributed by atoms with van der Waals surface area (Å²) in [5.41, 5.74) is 7.36. The van der Waals surface area contributed by atoms with Crippen molar-refractivity contribution in [2.24, 2.45) is 5.11 Å². The van der Waals surface area contributed by atoms with Gasteiger partial charge < -0.3 is 9.84 Å². The molecule has 0 amide bonds. The molecule has 0 unspecified atom stereocenters. The molecule has 2 heterocycles. The third-order valence-corrected chi connectivity index (χ3v) is 3.63. The lowest BCUT2D eigenvalue weighted by Crippen LogP contribution is -2.34. The standard InChI is InChI=1S/C9H10IN5O4/c10-6-2-7(17)12-9(18)15(6)8-1-4(13-14-11)5(3-16)19-8/h2,4-5,8,16H,1,3H2,(H,12,17,18)/t4-,5+,8+/m0/s1. The van der Waals surface area contributed by atoms with Crippen LogP contribution in [0.4, 0.5) is 0 Å². The van der Waals surface area contributed by atoms with Crippen molar-refractivity contribution in [2.45, 2.75) is 24.8 Å². The summed E-state index contributed by atoms with van der Waals surface area (Å²) in [6.07, 6.45) is -1.07. The van der Waals surface area contributed by atoms with Gasteiger partial charge in [0.05, 0.1) is 22.5 Å². The average molecular weight is 379 g/mol. The minimum atomic E-state index is -0.677. The van der Waals surface area contributed by atoms with Crippen LogP contribution in [0.2, 0.25) is 0 Å². The maximum absolute atomic E-state index is 11.8. The van der Waals surface area contributed by atoms with E-state index in [9.17, 15) is 9.59 Å². The first kappa shape index (κ1) is 14.1. The molecular formula is C9H10IN5O4. The zero-order valence-electron chi connectivity index (χ0n) is 9.56. The number of aliphatic hydroxyl groups is 1. The van der Waals surface area contributed by atoms with Crippen molar-refractivity contribution in [3.8, 4) is 0 Å². The Balaban J connectivity index is 2.37. The Bertz CT molecular complexity index is 634. The van der Waals surface area contributed by atoms with Crippen LogP contribution >= 0.6 is 22.6 Å². The third-order valence-electron chi connectivity index (χ3n) is 2.80. The molecule has 1 aromatic heterocycles. The van der Waals surface area contributed by atoms with E-state index in [1.54, 1.807) is 0 Å². The fourth-order valence-corrected chi connectivity index (χ4v) is 2.78. The number of aromatic nitrogens is 2. The van der Waals surface area contributed by atoms with Crippen LogP contribution in [0.5, 0.6) is 0 Å². The maximum atomic E-state index is 11.8. The lowest BCUT2D eigenvalue weighted by atomic mass is 10.1. The van der Waals surface area contributed by atoms with Gasteiger partial charge in [0, 0.05) is 17.4 Å². The van der Waals surface area contributed by atoms with E-state index in [1.165, 1.54) is 10.6 Å². The number of hydrogen-bond donors (Lipinski definition) is 2. The summed E-state index contributed by atoms with van der Waals surface area (Å²) in [6, 6.07) is 0.717. The Morgan fingerprint density at radius 1 is 1.68 bits per heavy atom. The zero-order valence-corrected chi connectivity index (χ0v) is 11.7. The lowest BCUT2D eigenvalue weighted by Gasteiger charge is -2.15. The van der Waals surface area contributed by atoms with Crippen LogP contribution in [-0.4, -0.2) is 33.4 Å². The molecule has 0 aromatic carbocycles. The average Bonchev–Trinajstić information content (AvgIpc) is 2.71. The number of azide groups is 1. The molecule has 1 fully saturated rings. The van der Waals surface area contributed by atoms with Gasteiger partial charge in [-0.05, 0) is 28.1 Å². The number of H-pyrrole nitrogens is 1. The molecule has 0 spiro atoms. The molecule has 1 aromatic rings. The minimum absolute atomic E-state index is 0.261. The second-order valence-corrected chi connectivity index (χ2v) is 5.06. The van der Waals surface area contributed by atoms with Crippen molar-refractivity contribution in [1.82, 2.24) is 9.55 Å². The number of nitrogens with zero attached hydrogens (tertiary/aromatic N) is 4. The van der Waals surface area contributed by atoms with Crippen LogP contribution in [0.25, 0.3) is 10.4 Å². The molecule has 1 saturated heterocycles.